The molecule has 0 spiro atoms. The van der Waals surface area contributed by atoms with Crippen molar-refractivity contribution in [2.24, 2.45) is 5.73 Å². The minimum absolute atomic E-state index is 0.622. The average molecular weight is 202 g/mol. The minimum Gasteiger partial charge on any atom is -0.327 e. The largest absolute Gasteiger partial charge is 0.327 e. The van der Waals surface area contributed by atoms with E-state index >= 15 is 0 Å². The van der Waals surface area contributed by atoms with Gasteiger partial charge in [0.25, 0.3) is 0 Å². The molecule has 0 aliphatic heterocycles. The summed E-state index contributed by atoms with van der Waals surface area (Å²) < 4.78 is 0. The van der Waals surface area contributed by atoms with Gasteiger partial charge in [0.05, 0.1) is 5.37 Å². The number of rotatable bonds is 8. The van der Waals surface area contributed by atoms with E-state index in [0.29, 0.717) is 11.9 Å². The van der Waals surface area contributed by atoms with Gasteiger partial charge < -0.3 is 11.1 Å². The van der Waals surface area contributed by atoms with Crippen LogP contribution in [-0.4, -0.2) is 24.7 Å². The number of hydrogen-bond donors (Lipinski definition) is 2. The van der Waals surface area contributed by atoms with Crippen molar-refractivity contribution in [3.8, 4) is 0 Å². The van der Waals surface area contributed by atoms with Gasteiger partial charge in [0.2, 0.25) is 0 Å². The molecule has 0 aromatic heterocycles. The summed E-state index contributed by atoms with van der Waals surface area (Å²) in [7, 11) is 2.03. The Kier molecular flexibility index (Phi) is 10.1. The molecule has 0 fully saturated rings. The topological polar surface area (TPSA) is 38.0 Å². The highest BCUT2D eigenvalue weighted by atomic mass is 32.2. The normalized spacial score (nSPS) is 13.8. The summed E-state index contributed by atoms with van der Waals surface area (Å²) in [6.07, 6.45) is 7.81. The van der Waals surface area contributed by atoms with E-state index in [1.54, 1.807) is 0 Å². The smallest absolute Gasteiger partial charge is 0.0529 e. The third kappa shape index (κ3) is 8.34. The molecule has 78 valence electrons. The maximum absolute atomic E-state index is 5.34. The predicted octanol–water partition coefficient (Wildman–Crippen LogP) is 1.97. The van der Waals surface area contributed by atoms with Gasteiger partial charge in [-0.2, -0.15) is 0 Å². The molecule has 0 aliphatic rings. The van der Waals surface area contributed by atoms with Crippen molar-refractivity contribution in [3.05, 3.63) is 12.2 Å². The van der Waals surface area contributed by atoms with Gasteiger partial charge in [-0.05, 0) is 25.6 Å². The molecule has 0 saturated carbocycles. The molecule has 3 N–H and O–H groups in total. The first-order chi connectivity index (χ1) is 6.35. The van der Waals surface area contributed by atoms with E-state index in [2.05, 4.69) is 18.3 Å². The second kappa shape index (κ2) is 10.1. The van der Waals surface area contributed by atoms with Crippen LogP contribution in [0.2, 0.25) is 0 Å². The third-order valence-electron chi connectivity index (χ3n) is 1.78. The molecule has 0 saturated heterocycles. The van der Waals surface area contributed by atoms with Crippen molar-refractivity contribution in [2.45, 2.75) is 31.6 Å². The molecule has 1 atom stereocenters. The standard InChI is InChI=1S/C10H22N2S/c1-3-7-10(12-2)13-9-6-4-5-8-11/h4-5,10,12H,3,6-9,11H2,1-2H3. The molecular weight excluding hydrogens is 180 g/mol. The number of nitrogens with two attached hydrogens (primary N) is 1. The van der Waals surface area contributed by atoms with Crippen molar-refractivity contribution in [1.29, 1.82) is 0 Å². The number of allylic oxidation sites excluding steroid dienone is 1. The lowest BCUT2D eigenvalue weighted by atomic mass is 10.3. The van der Waals surface area contributed by atoms with Crippen LogP contribution >= 0.6 is 11.8 Å². The molecule has 0 heterocycles. The molecule has 3 heteroatoms. The highest BCUT2D eigenvalue weighted by molar-refractivity contribution is 7.99. The fourth-order valence-electron chi connectivity index (χ4n) is 1.07. The third-order valence-corrected chi connectivity index (χ3v) is 3.12. The van der Waals surface area contributed by atoms with E-state index in [1.165, 1.54) is 18.6 Å². The summed E-state index contributed by atoms with van der Waals surface area (Å²) in [6.45, 7) is 2.88. The van der Waals surface area contributed by atoms with Crippen LogP contribution in [0.4, 0.5) is 0 Å². The number of thioether (sulfide) groups is 1. The van der Waals surface area contributed by atoms with Crippen LogP contribution in [0.25, 0.3) is 0 Å². The molecular formula is C10H22N2S. The van der Waals surface area contributed by atoms with E-state index in [9.17, 15) is 0 Å². The highest BCUT2D eigenvalue weighted by Crippen LogP contribution is 2.14. The van der Waals surface area contributed by atoms with Gasteiger partial charge in [-0.25, -0.2) is 0 Å². The van der Waals surface area contributed by atoms with Gasteiger partial charge in [-0.3, -0.25) is 0 Å². The van der Waals surface area contributed by atoms with Gasteiger partial charge in [-0.1, -0.05) is 25.5 Å². The molecule has 0 aromatic rings. The van der Waals surface area contributed by atoms with Gasteiger partial charge >= 0.3 is 0 Å². The van der Waals surface area contributed by atoms with Crippen LogP contribution in [0, 0.1) is 0 Å². The Morgan fingerprint density at radius 1 is 1.46 bits per heavy atom. The highest BCUT2D eigenvalue weighted by Gasteiger charge is 2.02. The Morgan fingerprint density at radius 2 is 2.23 bits per heavy atom. The van der Waals surface area contributed by atoms with Gasteiger partial charge in [0.15, 0.2) is 0 Å². The zero-order valence-electron chi connectivity index (χ0n) is 8.75. The van der Waals surface area contributed by atoms with Crippen LogP contribution in [0.3, 0.4) is 0 Å². The monoisotopic (exact) mass is 202 g/mol. The van der Waals surface area contributed by atoms with Crippen molar-refractivity contribution in [3.63, 3.8) is 0 Å². The molecule has 1 unspecified atom stereocenters. The van der Waals surface area contributed by atoms with E-state index in [4.69, 9.17) is 5.73 Å². The lowest BCUT2D eigenvalue weighted by Crippen LogP contribution is -2.21. The first-order valence-corrected chi connectivity index (χ1v) is 6.04. The summed E-state index contributed by atoms with van der Waals surface area (Å²) in [4.78, 5) is 0. The SMILES string of the molecule is CCCC(NC)SCCC=CCN. The van der Waals surface area contributed by atoms with Crippen LogP contribution in [-0.2, 0) is 0 Å². The van der Waals surface area contributed by atoms with Gasteiger partial charge in [0.1, 0.15) is 0 Å². The Morgan fingerprint density at radius 3 is 2.77 bits per heavy atom. The molecule has 13 heavy (non-hydrogen) atoms. The van der Waals surface area contributed by atoms with E-state index in [1.807, 2.05) is 24.9 Å². The quantitative estimate of drug-likeness (QED) is 0.359. The summed E-state index contributed by atoms with van der Waals surface area (Å²) in [5.74, 6) is 1.18. The zero-order chi connectivity index (χ0) is 9.94. The predicted molar refractivity (Wildman–Crippen MR) is 63.0 cm³/mol. The Bertz CT molecular complexity index is 126. The zero-order valence-corrected chi connectivity index (χ0v) is 9.57. The molecule has 0 rings (SSSR count). The molecule has 0 aromatic carbocycles. The molecule has 0 aliphatic carbocycles. The van der Waals surface area contributed by atoms with Crippen molar-refractivity contribution in [1.82, 2.24) is 5.32 Å². The molecule has 0 bridgehead atoms. The first kappa shape index (κ1) is 13.0. The van der Waals surface area contributed by atoms with Crippen LogP contribution in [0.5, 0.6) is 0 Å². The summed E-state index contributed by atoms with van der Waals surface area (Å²) in [5.41, 5.74) is 5.34. The lowest BCUT2D eigenvalue weighted by Gasteiger charge is -2.13. The van der Waals surface area contributed by atoms with Crippen molar-refractivity contribution in [2.75, 3.05) is 19.3 Å². The summed E-state index contributed by atoms with van der Waals surface area (Å²) >= 11 is 1.99. The molecule has 0 amide bonds. The fourth-order valence-corrected chi connectivity index (χ4v) is 2.19. The Balaban J connectivity index is 3.32. The second-order valence-electron chi connectivity index (χ2n) is 2.93. The van der Waals surface area contributed by atoms with Crippen molar-refractivity contribution >= 4 is 11.8 Å². The maximum atomic E-state index is 5.34. The van der Waals surface area contributed by atoms with Crippen LogP contribution < -0.4 is 11.1 Å². The fraction of sp³-hybridized carbons (Fsp3) is 0.800. The maximum Gasteiger partial charge on any atom is 0.0529 e. The molecule has 2 nitrogen and oxygen atoms in total. The second-order valence-corrected chi connectivity index (χ2v) is 4.24. The number of hydrogen-bond acceptors (Lipinski definition) is 3. The minimum atomic E-state index is 0.622. The first-order valence-electron chi connectivity index (χ1n) is 4.99. The molecule has 0 radical (unpaired) electrons. The van der Waals surface area contributed by atoms with E-state index in [-0.39, 0.29) is 0 Å². The van der Waals surface area contributed by atoms with E-state index in [0.717, 1.165) is 6.42 Å². The Hall–Kier alpha value is 0.01000. The number of nitrogens with one attached hydrogen (secondary N) is 1. The summed E-state index contributed by atoms with van der Waals surface area (Å²) in [5, 5.41) is 3.93. The summed E-state index contributed by atoms with van der Waals surface area (Å²) in [6, 6.07) is 0. The van der Waals surface area contributed by atoms with Crippen LogP contribution in [0.1, 0.15) is 26.2 Å². The average Bonchev–Trinajstić information content (AvgIpc) is 2.16. The van der Waals surface area contributed by atoms with Gasteiger partial charge in [-0.15, -0.1) is 11.8 Å². The lowest BCUT2D eigenvalue weighted by molar-refractivity contribution is 0.664. The Labute approximate surface area is 86.3 Å². The van der Waals surface area contributed by atoms with Gasteiger partial charge in [0, 0.05) is 6.54 Å². The van der Waals surface area contributed by atoms with Crippen LogP contribution in [0.15, 0.2) is 12.2 Å². The van der Waals surface area contributed by atoms with Crippen molar-refractivity contribution < 1.29 is 0 Å². The van der Waals surface area contributed by atoms with E-state index < -0.39 is 0 Å².